The van der Waals surface area contributed by atoms with Gasteiger partial charge in [-0.2, -0.15) is 0 Å². The molecule has 1 fully saturated rings. The maximum atomic E-state index is 6.31. The van der Waals surface area contributed by atoms with Gasteiger partial charge in [-0.3, -0.25) is 4.90 Å². The lowest BCUT2D eigenvalue weighted by Gasteiger charge is -2.39. The Kier molecular flexibility index (Phi) is 4.11. The van der Waals surface area contributed by atoms with Crippen molar-refractivity contribution in [2.24, 2.45) is 5.73 Å². The van der Waals surface area contributed by atoms with Crippen LogP contribution in [0.4, 0.5) is 0 Å². The van der Waals surface area contributed by atoms with E-state index in [4.69, 9.17) is 5.73 Å². The summed E-state index contributed by atoms with van der Waals surface area (Å²) in [6.45, 7) is 5.93. The first kappa shape index (κ1) is 14.1. The zero-order valence-corrected chi connectivity index (χ0v) is 12.8. The van der Waals surface area contributed by atoms with Gasteiger partial charge in [-0.05, 0) is 57.1 Å². The molecule has 3 nitrogen and oxygen atoms in total. The molecule has 1 aromatic carbocycles. The van der Waals surface area contributed by atoms with Gasteiger partial charge < -0.3 is 10.6 Å². The van der Waals surface area contributed by atoms with Crippen LogP contribution in [0.15, 0.2) is 24.3 Å². The van der Waals surface area contributed by atoms with E-state index in [1.54, 1.807) is 0 Å². The van der Waals surface area contributed by atoms with E-state index in [0.717, 1.165) is 6.42 Å². The minimum absolute atomic E-state index is 0.217. The summed E-state index contributed by atoms with van der Waals surface area (Å²) in [5.74, 6) is 0. The predicted molar refractivity (Wildman–Crippen MR) is 83.6 cm³/mol. The molecule has 110 valence electrons. The summed E-state index contributed by atoms with van der Waals surface area (Å²) in [7, 11) is 2.30. The zero-order valence-electron chi connectivity index (χ0n) is 12.8. The summed E-state index contributed by atoms with van der Waals surface area (Å²) in [5, 5.41) is 0. The molecule has 2 aliphatic rings. The van der Waals surface area contributed by atoms with Crippen LogP contribution in [0.25, 0.3) is 0 Å². The molecule has 20 heavy (non-hydrogen) atoms. The minimum Gasteiger partial charge on any atom is -0.324 e. The van der Waals surface area contributed by atoms with E-state index in [1.807, 2.05) is 0 Å². The maximum Gasteiger partial charge on any atom is 0.0369 e. The third kappa shape index (κ3) is 2.50. The molecule has 3 rings (SSSR count). The molecule has 3 heteroatoms. The van der Waals surface area contributed by atoms with Gasteiger partial charge in [-0.1, -0.05) is 31.2 Å². The lowest BCUT2D eigenvalue weighted by molar-refractivity contribution is 0.0966. The monoisotopic (exact) mass is 273 g/mol. The van der Waals surface area contributed by atoms with Crippen LogP contribution < -0.4 is 5.73 Å². The van der Waals surface area contributed by atoms with Gasteiger partial charge in [0.05, 0.1) is 0 Å². The van der Waals surface area contributed by atoms with Crippen molar-refractivity contribution in [3.63, 3.8) is 0 Å². The zero-order chi connectivity index (χ0) is 14.1. The Bertz CT molecular complexity index is 451. The standard InChI is InChI=1S/C17H27N3/c1-3-20-10-8-13(9-11-20)19(2)17-12-16(18)14-6-4-5-7-15(14)17/h4-7,13,16-17H,3,8-12,18H2,1-2H3. The Labute approximate surface area is 122 Å². The maximum absolute atomic E-state index is 6.31. The highest BCUT2D eigenvalue weighted by atomic mass is 15.2. The molecule has 2 N–H and O–H groups in total. The number of hydrogen-bond acceptors (Lipinski definition) is 3. The molecule has 2 atom stereocenters. The van der Waals surface area contributed by atoms with E-state index in [9.17, 15) is 0 Å². The quantitative estimate of drug-likeness (QED) is 0.918. The van der Waals surface area contributed by atoms with Crippen LogP contribution in [0.1, 0.15) is 49.4 Å². The number of hydrogen-bond donors (Lipinski definition) is 1. The predicted octanol–water partition coefficient (Wildman–Crippen LogP) is 2.55. The van der Waals surface area contributed by atoms with Crippen molar-refractivity contribution in [1.29, 1.82) is 0 Å². The lowest BCUT2D eigenvalue weighted by atomic mass is 9.99. The van der Waals surface area contributed by atoms with Crippen molar-refractivity contribution in [1.82, 2.24) is 9.80 Å². The first-order valence-corrected chi connectivity index (χ1v) is 7.99. The number of nitrogens with zero attached hydrogens (tertiary/aromatic N) is 2. The molecular weight excluding hydrogens is 246 g/mol. The van der Waals surface area contributed by atoms with E-state index in [0.29, 0.717) is 12.1 Å². The molecule has 1 heterocycles. The molecule has 2 unspecified atom stereocenters. The number of piperidine rings is 1. The summed E-state index contributed by atoms with van der Waals surface area (Å²) in [4.78, 5) is 5.15. The van der Waals surface area contributed by atoms with Crippen LogP contribution in [0.2, 0.25) is 0 Å². The van der Waals surface area contributed by atoms with Gasteiger partial charge in [-0.15, -0.1) is 0 Å². The highest BCUT2D eigenvalue weighted by Crippen LogP contribution is 2.41. The average molecular weight is 273 g/mol. The SMILES string of the molecule is CCN1CCC(N(C)C2CC(N)c3ccccc32)CC1. The number of likely N-dealkylation sites (tertiary alicyclic amines) is 1. The fraction of sp³-hybridized carbons (Fsp3) is 0.647. The molecule has 0 spiro atoms. The highest BCUT2D eigenvalue weighted by molar-refractivity contribution is 5.37. The van der Waals surface area contributed by atoms with E-state index in [-0.39, 0.29) is 6.04 Å². The van der Waals surface area contributed by atoms with E-state index in [1.165, 1.54) is 43.6 Å². The Morgan fingerprint density at radius 1 is 1.20 bits per heavy atom. The van der Waals surface area contributed by atoms with Crippen molar-refractivity contribution >= 4 is 0 Å². The molecule has 0 bridgehead atoms. The van der Waals surface area contributed by atoms with Crippen LogP contribution in [0.5, 0.6) is 0 Å². The number of fused-ring (bicyclic) bond motifs is 1. The van der Waals surface area contributed by atoms with Crippen LogP contribution in [0.3, 0.4) is 0 Å². The van der Waals surface area contributed by atoms with Gasteiger partial charge in [0, 0.05) is 18.1 Å². The molecule has 1 aliphatic heterocycles. The van der Waals surface area contributed by atoms with Gasteiger partial charge in [0.2, 0.25) is 0 Å². The van der Waals surface area contributed by atoms with E-state index in [2.05, 4.69) is 48.0 Å². The molecule has 1 aromatic rings. The molecule has 0 radical (unpaired) electrons. The lowest BCUT2D eigenvalue weighted by Crippen LogP contribution is -2.44. The van der Waals surface area contributed by atoms with E-state index < -0.39 is 0 Å². The van der Waals surface area contributed by atoms with Crippen molar-refractivity contribution in [2.45, 2.75) is 44.3 Å². The number of benzene rings is 1. The first-order chi connectivity index (χ1) is 9.70. The average Bonchev–Trinajstić information content (AvgIpc) is 2.84. The molecule has 1 saturated heterocycles. The smallest absolute Gasteiger partial charge is 0.0369 e. The third-order valence-electron chi connectivity index (χ3n) is 5.30. The molecule has 0 saturated carbocycles. The summed E-state index contributed by atoms with van der Waals surface area (Å²) in [6.07, 6.45) is 3.65. The van der Waals surface area contributed by atoms with E-state index >= 15 is 0 Å². The van der Waals surface area contributed by atoms with Gasteiger partial charge in [0.15, 0.2) is 0 Å². The number of rotatable bonds is 3. The Hall–Kier alpha value is -0.900. The van der Waals surface area contributed by atoms with Crippen molar-refractivity contribution in [3.05, 3.63) is 35.4 Å². The summed E-state index contributed by atoms with van der Waals surface area (Å²) in [5.41, 5.74) is 9.13. The van der Waals surface area contributed by atoms with Crippen LogP contribution >= 0.6 is 0 Å². The molecule has 0 aromatic heterocycles. The summed E-state index contributed by atoms with van der Waals surface area (Å²) < 4.78 is 0. The minimum atomic E-state index is 0.217. The van der Waals surface area contributed by atoms with Gasteiger partial charge in [0.1, 0.15) is 0 Å². The summed E-state index contributed by atoms with van der Waals surface area (Å²) >= 11 is 0. The molecular formula is C17H27N3. The second-order valence-corrected chi connectivity index (χ2v) is 6.32. The largest absolute Gasteiger partial charge is 0.324 e. The van der Waals surface area contributed by atoms with Crippen LogP contribution in [-0.4, -0.2) is 42.5 Å². The summed E-state index contributed by atoms with van der Waals surface area (Å²) in [6, 6.07) is 10.2. The molecule has 1 aliphatic carbocycles. The van der Waals surface area contributed by atoms with Crippen LogP contribution in [-0.2, 0) is 0 Å². The van der Waals surface area contributed by atoms with Gasteiger partial charge >= 0.3 is 0 Å². The fourth-order valence-corrected chi connectivity index (χ4v) is 3.93. The Morgan fingerprint density at radius 3 is 2.50 bits per heavy atom. The second kappa shape index (κ2) is 5.84. The van der Waals surface area contributed by atoms with Crippen molar-refractivity contribution in [2.75, 3.05) is 26.7 Å². The molecule has 0 amide bonds. The van der Waals surface area contributed by atoms with Crippen LogP contribution in [0, 0.1) is 0 Å². The van der Waals surface area contributed by atoms with Gasteiger partial charge in [0.25, 0.3) is 0 Å². The second-order valence-electron chi connectivity index (χ2n) is 6.32. The first-order valence-electron chi connectivity index (χ1n) is 7.99. The topological polar surface area (TPSA) is 32.5 Å². The van der Waals surface area contributed by atoms with Gasteiger partial charge in [-0.25, -0.2) is 0 Å². The third-order valence-corrected chi connectivity index (χ3v) is 5.30. The van der Waals surface area contributed by atoms with Crippen molar-refractivity contribution in [3.8, 4) is 0 Å². The van der Waals surface area contributed by atoms with Crippen molar-refractivity contribution < 1.29 is 0 Å². The number of nitrogens with two attached hydrogens (primary N) is 1. The Balaban J connectivity index is 1.71. The Morgan fingerprint density at radius 2 is 1.85 bits per heavy atom. The fourth-order valence-electron chi connectivity index (χ4n) is 3.93. The highest BCUT2D eigenvalue weighted by Gasteiger charge is 2.34. The normalized spacial score (nSPS) is 28.0.